The van der Waals surface area contributed by atoms with Crippen LogP contribution in [0.15, 0.2) is 52.4 Å². The van der Waals surface area contributed by atoms with E-state index >= 15 is 0 Å². The zero-order valence-corrected chi connectivity index (χ0v) is 20.2. The van der Waals surface area contributed by atoms with Crippen LogP contribution < -0.4 is 5.56 Å². The lowest BCUT2D eigenvalue weighted by molar-refractivity contribution is -0.126. The Morgan fingerprint density at radius 3 is 2.80 bits per heavy atom. The third kappa shape index (κ3) is 5.23. The SMILES string of the molecule is CC/C=C(\C=C(/CF)C(=O)N1CC2OCCN(CC3CC3)C2C1)Cc1n[nH]c(=O)c2ccccc12. The Labute approximate surface area is 204 Å². The Hall–Kier alpha value is -2.84. The van der Waals surface area contributed by atoms with Crippen molar-refractivity contribution in [1.29, 1.82) is 0 Å². The van der Waals surface area contributed by atoms with Gasteiger partial charge < -0.3 is 9.64 Å². The largest absolute Gasteiger partial charge is 0.373 e. The Bertz CT molecular complexity index is 1200. The number of halogens is 1. The van der Waals surface area contributed by atoms with Gasteiger partial charge in [0.1, 0.15) is 6.67 Å². The van der Waals surface area contributed by atoms with Crippen LogP contribution in [0.3, 0.4) is 0 Å². The van der Waals surface area contributed by atoms with Gasteiger partial charge in [-0.15, -0.1) is 0 Å². The molecule has 3 fully saturated rings. The number of amides is 1. The summed E-state index contributed by atoms with van der Waals surface area (Å²) in [4.78, 5) is 29.7. The van der Waals surface area contributed by atoms with Gasteiger partial charge in [0.05, 0.1) is 29.8 Å². The van der Waals surface area contributed by atoms with Gasteiger partial charge in [-0.2, -0.15) is 5.10 Å². The molecule has 2 aliphatic heterocycles. The number of morpholine rings is 1. The normalized spacial score (nSPS) is 23.7. The molecule has 1 aromatic carbocycles. The molecule has 0 spiro atoms. The zero-order chi connectivity index (χ0) is 24.4. The van der Waals surface area contributed by atoms with Gasteiger partial charge in [0.25, 0.3) is 11.5 Å². The first-order valence-electron chi connectivity index (χ1n) is 12.6. The lowest BCUT2D eigenvalue weighted by Crippen LogP contribution is -2.51. The van der Waals surface area contributed by atoms with Gasteiger partial charge in [0.15, 0.2) is 0 Å². The van der Waals surface area contributed by atoms with Crippen molar-refractivity contribution >= 4 is 16.7 Å². The fourth-order valence-electron chi connectivity index (χ4n) is 5.31. The Kier molecular flexibility index (Phi) is 7.11. The number of nitrogens with one attached hydrogen (secondary N) is 1. The number of fused-ring (bicyclic) bond motifs is 2. The second-order valence-corrected chi connectivity index (χ2v) is 9.84. The van der Waals surface area contributed by atoms with Crippen LogP contribution in [0.2, 0.25) is 0 Å². The lowest BCUT2D eigenvalue weighted by atomic mass is 10.0. The van der Waals surface area contributed by atoms with Crippen molar-refractivity contribution < 1.29 is 13.9 Å². The quantitative estimate of drug-likeness (QED) is 0.464. The van der Waals surface area contributed by atoms with Crippen molar-refractivity contribution in [3.63, 3.8) is 0 Å². The Balaban J connectivity index is 1.34. The number of benzene rings is 1. The molecule has 0 bridgehead atoms. The zero-order valence-electron chi connectivity index (χ0n) is 20.2. The van der Waals surface area contributed by atoms with Crippen LogP contribution in [-0.2, 0) is 16.0 Å². The highest BCUT2D eigenvalue weighted by molar-refractivity contribution is 5.94. The number of hydrogen-bond donors (Lipinski definition) is 1. The first kappa shape index (κ1) is 23.9. The maximum absolute atomic E-state index is 14.2. The summed E-state index contributed by atoms with van der Waals surface area (Å²) in [5, 5.41) is 8.13. The minimum atomic E-state index is -0.835. The molecule has 1 amide bonds. The summed E-state index contributed by atoms with van der Waals surface area (Å²) in [6.07, 6.45) is 7.35. The van der Waals surface area contributed by atoms with Crippen LogP contribution in [0.4, 0.5) is 4.39 Å². The standard InChI is InChI=1S/C27H33FN4O3/c1-2-5-19(13-23-21-6-3-4-7-22(21)26(33)30-29-23)12-20(14-28)27(34)32-16-24-25(17-32)35-11-10-31(24)15-18-8-9-18/h3-7,12,18,24-25H,2,8-11,13-17H2,1H3,(H,30,33)/b19-5+,20-12+. The smallest absolute Gasteiger partial charge is 0.272 e. The van der Waals surface area contributed by atoms with Gasteiger partial charge >= 0.3 is 0 Å². The minimum Gasteiger partial charge on any atom is -0.373 e. The van der Waals surface area contributed by atoms with Gasteiger partial charge in [-0.05, 0) is 42.9 Å². The highest BCUT2D eigenvalue weighted by Crippen LogP contribution is 2.33. The van der Waals surface area contributed by atoms with E-state index in [1.807, 2.05) is 31.2 Å². The topological polar surface area (TPSA) is 78.5 Å². The van der Waals surface area contributed by atoms with Gasteiger partial charge in [-0.3, -0.25) is 14.5 Å². The van der Waals surface area contributed by atoms with E-state index in [9.17, 15) is 14.0 Å². The summed E-state index contributed by atoms with van der Waals surface area (Å²) >= 11 is 0. The molecule has 1 aliphatic carbocycles. The van der Waals surface area contributed by atoms with Crippen molar-refractivity contribution in [3.8, 4) is 0 Å². The molecule has 1 saturated carbocycles. The number of alkyl halides is 1. The molecular formula is C27H33FN4O3. The van der Waals surface area contributed by atoms with Crippen LogP contribution in [0.5, 0.6) is 0 Å². The van der Waals surface area contributed by atoms with Gasteiger partial charge in [0.2, 0.25) is 0 Å². The summed E-state index contributed by atoms with van der Waals surface area (Å²) < 4.78 is 20.2. The number of H-pyrrole nitrogens is 1. The van der Waals surface area contributed by atoms with Crippen molar-refractivity contribution in [2.24, 2.45) is 5.92 Å². The van der Waals surface area contributed by atoms with Crippen LogP contribution in [0, 0.1) is 5.92 Å². The number of hydrogen-bond acceptors (Lipinski definition) is 5. The average molecular weight is 481 g/mol. The molecule has 35 heavy (non-hydrogen) atoms. The summed E-state index contributed by atoms with van der Waals surface area (Å²) in [5.74, 6) is 0.511. The van der Waals surface area contributed by atoms with Crippen molar-refractivity contribution in [2.45, 2.75) is 44.8 Å². The van der Waals surface area contributed by atoms with E-state index in [1.165, 1.54) is 12.8 Å². The van der Waals surface area contributed by atoms with Crippen LogP contribution in [0.1, 0.15) is 31.9 Å². The summed E-state index contributed by atoms with van der Waals surface area (Å²) in [7, 11) is 0. The predicted octanol–water partition coefficient (Wildman–Crippen LogP) is 3.02. The number of nitrogens with zero attached hydrogens (tertiary/aromatic N) is 3. The van der Waals surface area contributed by atoms with Crippen molar-refractivity contribution in [2.75, 3.05) is 39.5 Å². The van der Waals surface area contributed by atoms with Crippen molar-refractivity contribution in [3.05, 3.63) is 63.6 Å². The number of ether oxygens (including phenoxy) is 1. The molecule has 2 unspecified atom stereocenters. The lowest BCUT2D eigenvalue weighted by Gasteiger charge is -2.36. The Morgan fingerprint density at radius 1 is 1.26 bits per heavy atom. The highest BCUT2D eigenvalue weighted by atomic mass is 19.1. The van der Waals surface area contributed by atoms with E-state index in [1.54, 1.807) is 17.0 Å². The maximum Gasteiger partial charge on any atom is 0.272 e. The molecule has 5 rings (SSSR count). The summed E-state index contributed by atoms with van der Waals surface area (Å²) in [6, 6.07) is 7.49. The predicted molar refractivity (Wildman–Crippen MR) is 133 cm³/mol. The van der Waals surface area contributed by atoms with E-state index in [2.05, 4.69) is 15.1 Å². The second-order valence-electron chi connectivity index (χ2n) is 9.84. The minimum absolute atomic E-state index is 0.00493. The summed E-state index contributed by atoms with van der Waals surface area (Å²) in [6.45, 7) is 4.90. The second kappa shape index (κ2) is 10.4. The monoisotopic (exact) mass is 480 g/mol. The molecule has 3 heterocycles. The molecular weight excluding hydrogens is 447 g/mol. The average Bonchev–Trinajstić information content (AvgIpc) is 3.58. The number of carbonyl (C=O) groups excluding carboxylic acids is 1. The molecule has 8 heteroatoms. The molecule has 1 N–H and O–H groups in total. The molecule has 2 saturated heterocycles. The number of carbonyl (C=O) groups is 1. The first-order chi connectivity index (χ1) is 17.1. The fourth-order valence-corrected chi connectivity index (χ4v) is 5.31. The summed E-state index contributed by atoms with van der Waals surface area (Å²) in [5.41, 5.74) is 1.40. The van der Waals surface area contributed by atoms with Crippen molar-refractivity contribution in [1.82, 2.24) is 20.0 Å². The van der Waals surface area contributed by atoms with Crippen LogP contribution >= 0.6 is 0 Å². The number of aromatic amines is 1. The number of rotatable bonds is 8. The molecule has 186 valence electrons. The molecule has 1 aromatic heterocycles. The number of aromatic nitrogens is 2. The fraction of sp³-hybridized carbons (Fsp3) is 0.519. The van der Waals surface area contributed by atoms with Crippen LogP contribution in [-0.4, -0.2) is 77.5 Å². The van der Waals surface area contributed by atoms with Crippen LogP contribution in [0.25, 0.3) is 10.8 Å². The molecule has 0 radical (unpaired) electrons. The molecule has 3 aliphatic rings. The van der Waals surface area contributed by atoms with E-state index in [0.717, 1.165) is 36.4 Å². The third-order valence-corrected chi connectivity index (χ3v) is 7.28. The van der Waals surface area contributed by atoms with Gasteiger partial charge in [0, 0.05) is 43.6 Å². The molecule has 2 aromatic rings. The molecule has 2 atom stereocenters. The van der Waals surface area contributed by atoms with E-state index in [-0.39, 0.29) is 29.2 Å². The Morgan fingerprint density at radius 2 is 2.06 bits per heavy atom. The van der Waals surface area contributed by atoms with E-state index in [4.69, 9.17) is 4.74 Å². The first-order valence-corrected chi connectivity index (χ1v) is 12.6. The van der Waals surface area contributed by atoms with E-state index < -0.39 is 6.67 Å². The van der Waals surface area contributed by atoms with Gasteiger partial charge in [-0.1, -0.05) is 31.2 Å². The molecule has 7 nitrogen and oxygen atoms in total. The number of allylic oxidation sites excluding steroid dienone is 3. The maximum atomic E-state index is 14.2. The van der Waals surface area contributed by atoms with E-state index in [0.29, 0.717) is 37.2 Å². The van der Waals surface area contributed by atoms with Gasteiger partial charge in [-0.25, -0.2) is 9.49 Å². The number of likely N-dealkylation sites (tertiary alicyclic amines) is 1. The highest BCUT2D eigenvalue weighted by Gasteiger charge is 2.43. The third-order valence-electron chi connectivity index (χ3n) is 7.28.